The summed E-state index contributed by atoms with van der Waals surface area (Å²) in [4.78, 5) is 28.4. The number of carbonyl (C=O) groups is 2. The van der Waals surface area contributed by atoms with Crippen LogP contribution in [0.5, 0.6) is 0 Å². The van der Waals surface area contributed by atoms with Gasteiger partial charge in [0.1, 0.15) is 6.04 Å². The summed E-state index contributed by atoms with van der Waals surface area (Å²) in [6.07, 6.45) is 2.30. The molecule has 2 amide bonds. The molecule has 0 spiro atoms. The van der Waals surface area contributed by atoms with Crippen LogP contribution in [0, 0.1) is 0 Å². The highest BCUT2D eigenvalue weighted by Gasteiger charge is 2.25. The van der Waals surface area contributed by atoms with Gasteiger partial charge in [0.15, 0.2) is 0 Å². The largest absolute Gasteiger partial charge is 0.354 e. The van der Waals surface area contributed by atoms with Crippen LogP contribution in [-0.2, 0) is 16.1 Å². The van der Waals surface area contributed by atoms with Crippen LogP contribution in [0.4, 0.5) is 0 Å². The molecule has 1 N–H and O–H groups in total. The number of thioether (sulfide) groups is 1. The van der Waals surface area contributed by atoms with Crippen LogP contribution >= 0.6 is 39.3 Å². The highest BCUT2D eigenvalue weighted by molar-refractivity contribution is 9.10. The molecule has 0 aromatic heterocycles. The SMILES string of the molecule is CCCCNC(=O)[C@@H](C)N(Cc1ccc(Br)cc1)C(=O)CCSc1ccc(Cl)cc1. The van der Waals surface area contributed by atoms with Crippen molar-refractivity contribution in [3.8, 4) is 0 Å². The van der Waals surface area contributed by atoms with Crippen molar-refractivity contribution in [1.29, 1.82) is 0 Å². The molecule has 162 valence electrons. The second-order valence-corrected chi connectivity index (χ2v) is 9.54. The van der Waals surface area contributed by atoms with Crippen molar-refractivity contribution in [1.82, 2.24) is 10.2 Å². The van der Waals surface area contributed by atoms with Crippen molar-refractivity contribution < 1.29 is 9.59 Å². The average Bonchev–Trinajstić information content (AvgIpc) is 2.74. The first-order valence-corrected chi connectivity index (χ1v) is 12.3. The number of rotatable bonds is 11. The molecule has 0 unspecified atom stereocenters. The molecule has 0 aliphatic carbocycles. The van der Waals surface area contributed by atoms with E-state index in [-0.39, 0.29) is 11.8 Å². The third-order valence-electron chi connectivity index (χ3n) is 4.66. The molecule has 0 saturated heterocycles. The van der Waals surface area contributed by atoms with Crippen LogP contribution in [-0.4, -0.2) is 35.1 Å². The highest BCUT2D eigenvalue weighted by atomic mass is 79.9. The fraction of sp³-hybridized carbons (Fsp3) is 0.391. The van der Waals surface area contributed by atoms with Gasteiger partial charge >= 0.3 is 0 Å². The summed E-state index contributed by atoms with van der Waals surface area (Å²) in [5, 5.41) is 3.64. The number of unbranched alkanes of at least 4 members (excludes halogenated alkanes) is 1. The molecule has 0 aliphatic rings. The van der Waals surface area contributed by atoms with Gasteiger partial charge in [0.25, 0.3) is 0 Å². The third-order valence-corrected chi connectivity index (χ3v) is 6.46. The number of amides is 2. The van der Waals surface area contributed by atoms with E-state index in [0.717, 1.165) is 27.8 Å². The van der Waals surface area contributed by atoms with Crippen LogP contribution in [0.25, 0.3) is 0 Å². The zero-order valence-electron chi connectivity index (χ0n) is 17.4. The Morgan fingerprint density at radius 3 is 2.43 bits per heavy atom. The van der Waals surface area contributed by atoms with Crippen molar-refractivity contribution >= 4 is 51.1 Å². The van der Waals surface area contributed by atoms with Crippen LogP contribution in [0.2, 0.25) is 5.02 Å². The van der Waals surface area contributed by atoms with Gasteiger partial charge in [-0.1, -0.05) is 53.0 Å². The Bertz CT molecular complexity index is 815. The molecule has 0 radical (unpaired) electrons. The summed E-state index contributed by atoms with van der Waals surface area (Å²) in [5.41, 5.74) is 0.991. The van der Waals surface area contributed by atoms with E-state index in [1.165, 1.54) is 0 Å². The summed E-state index contributed by atoms with van der Waals surface area (Å²) >= 11 is 11.0. The van der Waals surface area contributed by atoms with Crippen molar-refractivity contribution in [3.05, 3.63) is 63.6 Å². The fourth-order valence-corrected chi connectivity index (χ4v) is 4.07. The molecule has 2 aromatic rings. The first-order chi connectivity index (χ1) is 14.4. The van der Waals surface area contributed by atoms with Crippen molar-refractivity contribution in [2.75, 3.05) is 12.3 Å². The predicted octanol–water partition coefficient (Wildman–Crippen LogP) is 5.92. The lowest BCUT2D eigenvalue weighted by Gasteiger charge is -2.29. The van der Waals surface area contributed by atoms with Crippen LogP contribution < -0.4 is 5.32 Å². The van der Waals surface area contributed by atoms with Gasteiger partial charge in [-0.2, -0.15) is 0 Å². The Morgan fingerprint density at radius 1 is 1.13 bits per heavy atom. The minimum absolute atomic E-state index is 0.0301. The second-order valence-electron chi connectivity index (χ2n) is 7.02. The van der Waals surface area contributed by atoms with E-state index in [1.807, 2.05) is 48.5 Å². The lowest BCUT2D eigenvalue weighted by atomic mass is 10.1. The summed E-state index contributed by atoms with van der Waals surface area (Å²) < 4.78 is 0.980. The molecule has 0 saturated carbocycles. The van der Waals surface area contributed by atoms with Gasteiger partial charge in [-0.25, -0.2) is 0 Å². The molecule has 7 heteroatoms. The molecule has 0 aliphatic heterocycles. The van der Waals surface area contributed by atoms with E-state index in [4.69, 9.17) is 11.6 Å². The number of nitrogens with one attached hydrogen (secondary N) is 1. The van der Waals surface area contributed by atoms with Gasteiger partial charge in [0.2, 0.25) is 11.8 Å². The van der Waals surface area contributed by atoms with Gasteiger partial charge in [-0.15, -0.1) is 11.8 Å². The topological polar surface area (TPSA) is 49.4 Å². The number of hydrogen-bond donors (Lipinski definition) is 1. The highest BCUT2D eigenvalue weighted by Crippen LogP contribution is 2.22. The molecule has 4 nitrogen and oxygen atoms in total. The number of hydrogen-bond acceptors (Lipinski definition) is 3. The van der Waals surface area contributed by atoms with Crippen LogP contribution in [0.1, 0.15) is 38.7 Å². The Labute approximate surface area is 196 Å². The smallest absolute Gasteiger partial charge is 0.242 e. The van der Waals surface area contributed by atoms with E-state index >= 15 is 0 Å². The Balaban J connectivity index is 2.02. The Hall–Kier alpha value is -1.50. The molecule has 0 bridgehead atoms. The van der Waals surface area contributed by atoms with Crippen LogP contribution in [0.15, 0.2) is 57.9 Å². The number of carbonyl (C=O) groups excluding carboxylic acids is 2. The Morgan fingerprint density at radius 2 is 1.80 bits per heavy atom. The zero-order valence-corrected chi connectivity index (χ0v) is 20.5. The first kappa shape index (κ1) is 24.8. The van der Waals surface area contributed by atoms with Gasteiger partial charge < -0.3 is 10.2 Å². The molecule has 2 aromatic carbocycles. The maximum atomic E-state index is 13.0. The standard InChI is InChI=1S/C23H28BrClN2O2S/c1-3-4-14-26-23(29)17(2)27(16-18-5-7-19(24)8-6-18)22(28)13-15-30-21-11-9-20(25)10-12-21/h5-12,17H,3-4,13-16H2,1-2H3,(H,26,29)/t17-/m1/s1. The van der Waals surface area contributed by atoms with Gasteiger partial charge in [-0.3, -0.25) is 9.59 Å². The van der Waals surface area contributed by atoms with E-state index in [9.17, 15) is 9.59 Å². The minimum Gasteiger partial charge on any atom is -0.354 e. The fourth-order valence-electron chi connectivity index (χ4n) is 2.84. The number of benzene rings is 2. The Kier molecular flexibility index (Phi) is 10.8. The summed E-state index contributed by atoms with van der Waals surface area (Å²) in [6.45, 7) is 4.91. The third kappa shape index (κ3) is 8.32. The van der Waals surface area contributed by atoms with Gasteiger partial charge in [0.05, 0.1) is 0 Å². The average molecular weight is 512 g/mol. The molecule has 30 heavy (non-hydrogen) atoms. The quantitative estimate of drug-likeness (QED) is 0.301. The van der Waals surface area contributed by atoms with E-state index in [0.29, 0.717) is 30.3 Å². The molecular formula is C23H28BrClN2O2S. The van der Waals surface area contributed by atoms with Crippen LogP contribution in [0.3, 0.4) is 0 Å². The second kappa shape index (κ2) is 13.0. The minimum atomic E-state index is -0.529. The molecule has 0 fully saturated rings. The summed E-state index contributed by atoms with van der Waals surface area (Å²) in [6, 6.07) is 14.9. The maximum absolute atomic E-state index is 13.0. The summed E-state index contributed by atoms with van der Waals surface area (Å²) in [5.74, 6) is 0.498. The summed E-state index contributed by atoms with van der Waals surface area (Å²) in [7, 11) is 0. The van der Waals surface area contributed by atoms with Crippen molar-refractivity contribution in [2.24, 2.45) is 0 Å². The number of halogens is 2. The zero-order chi connectivity index (χ0) is 21.9. The van der Waals surface area contributed by atoms with Crippen molar-refractivity contribution in [3.63, 3.8) is 0 Å². The normalized spacial score (nSPS) is 11.7. The predicted molar refractivity (Wildman–Crippen MR) is 129 cm³/mol. The van der Waals surface area contributed by atoms with Gasteiger partial charge in [0, 0.05) is 39.7 Å². The molecule has 1 atom stereocenters. The van der Waals surface area contributed by atoms with Crippen molar-refractivity contribution in [2.45, 2.75) is 50.6 Å². The maximum Gasteiger partial charge on any atom is 0.242 e. The number of nitrogens with zero attached hydrogens (tertiary/aromatic N) is 1. The van der Waals surface area contributed by atoms with Gasteiger partial charge in [-0.05, 0) is 55.3 Å². The molecule has 0 heterocycles. The molecule has 2 rings (SSSR count). The molecular weight excluding hydrogens is 484 g/mol. The lowest BCUT2D eigenvalue weighted by Crippen LogP contribution is -2.47. The first-order valence-electron chi connectivity index (χ1n) is 10.1. The monoisotopic (exact) mass is 510 g/mol. The van der Waals surface area contributed by atoms with E-state index < -0.39 is 6.04 Å². The lowest BCUT2D eigenvalue weighted by molar-refractivity contribution is -0.140. The van der Waals surface area contributed by atoms with E-state index in [1.54, 1.807) is 23.6 Å². The van der Waals surface area contributed by atoms with E-state index in [2.05, 4.69) is 28.2 Å².